The number of hydrogen-bond acceptors (Lipinski definition) is 6. The second-order valence-corrected chi connectivity index (χ2v) is 6.43. The van der Waals surface area contributed by atoms with Crippen LogP contribution in [0.5, 0.6) is 5.75 Å². The van der Waals surface area contributed by atoms with Gasteiger partial charge in [0.1, 0.15) is 11.3 Å². The molecule has 1 saturated carbocycles. The molecular weight excluding hydrogens is 324 g/mol. The van der Waals surface area contributed by atoms with Gasteiger partial charge in [-0.3, -0.25) is 9.59 Å². The number of rotatable bonds is 3. The molecule has 0 unspecified atom stereocenters. The molecule has 8 heteroatoms. The second-order valence-electron chi connectivity index (χ2n) is 6.43. The maximum atomic E-state index is 12.8. The fourth-order valence-electron chi connectivity index (χ4n) is 3.38. The monoisotopic (exact) mass is 342 g/mol. The van der Waals surface area contributed by atoms with Gasteiger partial charge >= 0.3 is 0 Å². The minimum atomic E-state index is -0.597. The molecule has 2 heterocycles. The number of anilines is 1. The van der Waals surface area contributed by atoms with Crippen molar-refractivity contribution in [3.05, 3.63) is 35.5 Å². The van der Waals surface area contributed by atoms with E-state index >= 15 is 0 Å². The molecule has 1 fully saturated rings. The number of aryl methyl sites for hydroxylation is 1. The summed E-state index contributed by atoms with van der Waals surface area (Å²) in [6.07, 6.45) is 3.53. The predicted molar refractivity (Wildman–Crippen MR) is 87.2 cm³/mol. The van der Waals surface area contributed by atoms with Crippen molar-refractivity contribution in [1.82, 2.24) is 15.5 Å². The lowest BCUT2D eigenvalue weighted by Gasteiger charge is -2.27. The Morgan fingerprint density at radius 2 is 2.12 bits per heavy atom. The quantitative estimate of drug-likeness (QED) is 0.882. The molecule has 0 atom stereocenters. The summed E-state index contributed by atoms with van der Waals surface area (Å²) in [6.45, 7) is 1.68. The topological polar surface area (TPSA) is 106 Å². The van der Waals surface area contributed by atoms with E-state index in [1.807, 2.05) is 0 Å². The number of amides is 2. The first-order chi connectivity index (χ1) is 12.1. The molecule has 25 heavy (non-hydrogen) atoms. The van der Waals surface area contributed by atoms with E-state index in [1.165, 1.54) is 0 Å². The van der Waals surface area contributed by atoms with Crippen molar-refractivity contribution < 1.29 is 18.8 Å². The van der Waals surface area contributed by atoms with E-state index in [4.69, 9.17) is 9.26 Å². The molecule has 1 aliphatic carbocycles. The molecule has 2 aliphatic rings. The Hall–Kier alpha value is -2.90. The highest BCUT2D eigenvalue weighted by Crippen LogP contribution is 2.38. The van der Waals surface area contributed by atoms with E-state index in [-0.39, 0.29) is 18.4 Å². The highest BCUT2D eigenvalue weighted by molar-refractivity contribution is 5.99. The number of carbonyl (C=O) groups is 2. The number of ether oxygens (including phenoxy) is 1. The van der Waals surface area contributed by atoms with Crippen LogP contribution in [-0.2, 0) is 10.3 Å². The van der Waals surface area contributed by atoms with E-state index < -0.39 is 5.54 Å². The number of hydrogen-bond donors (Lipinski definition) is 2. The van der Waals surface area contributed by atoms with Gasteiger partial charge in [0.05, 0.1) is 5.69 Å². The van der Waals surface area contributed by atoms with Crippen LogP contribution >= 0.6 is 0 Å². The third kappa shape index (κ3) is 2.84. The number of benzene rings is 1. The van der Waals surface area contributed by atoms with Crippen LogP contribution in [0.3, 0.4) is 0 Å². The standard InChI is InChI=1S/C17H18N4O4/c1-10-18-16(21-25-10)17(6-2-3-7-17)20-15(23)11-4-5-12-13(8-11)24-9-14(22)19-12/h4-5,8H,2-3,6-7,9H2,1H3,(H,19,22)(H,20,23). The molecule has 130 valence electrons. The summed E-state index contributed by atoms with van der Waals surface area (Å²) < 4.78 is 10.5. The van der Waals surface area contributed by atoms with Crippen molar-refractivity contribution in [3.63, 3.8) is 0 Å². The third-order valence-corrected chi connectivity index (χ3v) is 4.64. The van der Waals surface area contributed by atoms with Gasteiger partial charge in [0.15, 0.2) is 12.4 Å². The molecule has 0 radical (unpaired) electrons. The van der Waals surface area contributed by atoms with Crippen molar-refractivity contribution >= 4 is 17.5 Å². The average molecular weight is 342 g/mol. The Morgan fingerprint density at radius 3 is 2.84 bits per heavy atom. The van der Waals surface area contributed by atoms with Crippen LogP contribution in [0.25, 0.3) is 0 Å². The highest BCUT2D eigenvalue weighted by Gasteiger charge is 2.41. The molecule has 0 spiro atoms. The Kier molecular flexibility index (Phi) is 3.67. The summed E-state index contributed by atoms with van der Waals surface area (Å²) in [5.41, 5.74) is 0.429. The van der Waals surface area contributed by atoms with E-state index in [9.17, 15) is 9.59 Å². The van der Waals surface area contributed by atoms with Crippen LogP contribution in [0.2, 0.25) is 0 Å². The van der Waals surface area contributed by atoms with E-state index in [2.05, 4.69) is 20.8 Å². The molecule has 8 nitrogen and oxygen atoms in total. The molecule has 0 saturated heterocycles. The van der Waals surface area contributed by atoms with Crippen LogP contribution < -0.4 is 15.4 Å². The van der Waals surface area contributed by atoms with Gasteiger partial charge in [-0.15, -0.1) is 0 Å². The number of nitrogens with zero attached hydrogens (tertiary/aromatic N) is 2. The molecular formula is C17H18N4O4. The van der Waals surface area contributed by atoms with Crippen LogP contribution in [0.1, 0.15) is 47.8 Å². The number of aromatic nitrogens is 2. The second kappa shape index (κ2) is 5.87. The van der Waals surface area contributed by atoms with Gasteiger partial charge in [-0.05, 0) is 31.0 Å². The van der Waals surface area contributed by atoms with Gasteiger partial charge in [0, 0.05) is 12.5 Å². The van der Waals surface area contributed by atoms with Gasteiger partial charge in [0.25, 0.3) is 11.8 Å². The molecule has 1 aliphatic heterocycles. The lowest BCUT2D eigenvalue weighted by Crippen LogP contribution is -2.44. The van der Waals surface area contributed by atoms with E-state index in [1.54, 1.807) is 25.1 Å². The lowest BCUT2D eigenvalue weighted by molar-refractivity contribution is -0.118. The Bertz CT molecular complexity index is 839. The zero-order valence-electron chi connectivity index (χ0n) is 13.8. The van der Waals surface area contributed by atoms with Crippen molar-refractivity contribution in [2.45, 2.75) is 38.1 Å². The fraction of sp³-hybridized carbons (Fsp3) is 0.412. The number of carbonyl (C=O) groups excluding carboxylic acids is 2. The minimum absolute atomic E-state index is 0.0514. The summed E-state index contributed by atoms with van der Waals surface area (Å²) in [5, 5.41) is 9.82. The molecule has 4 rings (SSSR count). The Labute approximate surface area is 143 Å². The van der Waals surface area contributed by atoms with Crippen LogP contribution in [0, 0.1) is 6.92 Å². The van der Waals surface area contributed by atoms with Gasteiger partial charge in [0.2, 0.25) is 5.89 Å². The minimum Gasteiger partial charge on any atom is -0.482 e. The lowest BCUT2D eigenvalue weighted by atomic mass is 9.95. The van der Waals surface area contributed by atoms with Gasteiger partial charge in [-0.1, -0.05) is 18.0 Å². The molecule has 2 amide bonds. The largest absolute Gasteiger partial charge is 0.482 e. The van der Waals surface area contributed by atoms with Crippen molar-refractivity contribution in [2.24, 2.45) is 0 Å². The molecule has 1 aromatic heterocycles. The number of nitrogens with one attached hydrogen (secondary N) is 2. The van der Waals surface area contributed by atoms with E-state index in [0.29, 0.717) is 28.7 Å². The first kappa shape index (κ1) is 15.6. The van der Waals surface area contributed by atoms with Crippen LogP contribution in [0.4, 0.5) is 5.69 Å². The zero-order chi connectivity index (χ0) is 17.4. The Morgan fingerprint density at radius 1 is 1.32 bits per heavy atom. The summed E-state index contributed by atoms with van der Waals surface area (Å²) in [7, 11) is 0. The summed E-state index contributed by atoms with van der Waals surface area (Å²) in [4.78, 5) is 28.5. The third-order valence-electron chi connectivity index (χ3n) is 4.64. The maximum absolute atomic E-state index is 12.8. The molecule has 1 aromatic carbocycles. The van der Waals surface area contributed by atoms with Gasteiger partial charge < -0.3 is 19.9 Å². The normalized spacial score (nSPS) is 18.2. The molecule has 0 bridgehead atoms. The van der Waals surface area contributed by atoms with Crippen LogP contribution in [0.15, 0.2) is 22.7 Å². The molecule has 2 aromatic rings. The van der Waals surface area contributed by atoms with E-state index in [0.717, 1.165) is 25.7 Å². The Balaban J connectivity index is 1.59. The highest BCUT2D eigenvalue weighted by atomic mass is 16.5. The summed E-state index contributed by atoms with van der Waals surface area (Å²) >= 11 is 0. The maximum Gasteiger partial charge on any atom is 0.262 e. The van der Waals surface area contributed by atoms with Crippen LogP contribution in [-0.4, -0.2) is 28.6 Å². The average Bonchev–Trinajstić information content (AvgIpc) is 3.24. The van der Waals surface area contributed by atoms with Crippen molar-refractivity contribution in [3.8, 4) is 5.75 Å². The smallest absolute Gasteiger partial charge is 0.262 e. The van der Waals surface area contributed by atoms with Crippen molar-refractivity contribution in [2.75, 3.05) is 11.9 Å². The zero-order valence-corrected chi connectivity index (χ0v) is 13.8. The summed E-state index contributed by atoms with van der Waals surface area (Å²) in [5.74, 6) is 1.06. The molecule has 2 N–H and O–H groups in total. The van der Waals surface area contributed by atoms with Gasteiger partial charge in [-0.25, -0.2) is 0 Å². The number of fused-ring (bicyclic) bond motifs is 1. The van der Waals surface area contributed by atoms with Crippen molar-refractivity contribution in [1.29, 1.82) is 0 Å². The first-order valence-electron chi connectivity index (χ1n) is 8.26. The van der Waals surface area contributed by atoms with Gasteiger partial charge in [-0.2, -0.15) is 4.98 Å². The summed E-state index contributed by atoms with van der Waals surface area (Å²) in [6, 6.07) is 4.96. The fourth-order valence-corrected chi connectivity index (χ4v) is 3.38. The SMILES string of the molecule is Cc1nc(C2(NC(=O)c3ccc4c(c3)OCC(=O)N4)CCCC2)no1. The first-order valence-corrected chi connectivity index (χ1v) is 8.26. The predicted octanol–water partition coefficient (Wildman–Crippen LogP) is 1.91.